The van der Waals surface area contributed by atoms with Crippen molar-refractivity contribution in [2.75, 3.05) is 13.2 Å². The largest absolute Gasteiger partial charge is 0.483 e. The highest BCUT2D eigenvalue weighted by molar-refractivity contribution is 7.21. The molecular formula is C15H12N2O2S2. The van der Waals surface area contributed by atoms with Gasteiger partial charge in [-0.1, -0.05) is 5.92 Å². The minimum Gasteiger partial charge on any atom is -0.483 e. The number of ether oxygens (including phenoxy) is 1. The van der Waals surface area contributed by atoms with Crippen LogP contribution in [0.3, 0.4) is 0 Å². The van der Waals surface area contributed by atoms with Crippen LogP contribution in [-0.4, -0.2) is 24.0 Å². The number of carbonyl (C=O) groups excluding carboxylic acids is 1. The molecule has 0 aliphatic carbocycles. The number of aryl methyl sites for hydroxylation is 1. The van der Waals surface area contributed by atoms with Gasteiger partial charge in [0, 0.05) is 11.5 Å². The lowest BCUT2D eigenvalue weighted by Gasteiger charge is -2.07. The highest BCUT2D eigenvalue weighted by Crippen LogP contribution is 2.38. The lowest BCUT2D eigenvalue weighted by molar-refractivity contribution is -0.122. The van der Waals surface area contributed by atoms with Gasteiger partial charge < -0.3 is 10.1 Å². The van der Waals surface area contributed by atoms with Gasteiger partial charge in [-0.05, 0) is 18.4 Å². The van der Waals surface area contributed by atoms with Crippen molar-refractivity contribution in [2.45, 2.75) is 6.92 Å². The third kappa shape index (κ3) is 2.71. The summed E-state index contributed by atoms with van der Waals surface area (Å²) in [6.45, 7) is 2.15. The molecule has 106 valence electrons. The molecule has 0 fully saturated rings. The van der Waals surface area contributed by atoms with Crippen LogP contribution in [0.5, 0.6) is 5.75 Å². The average molecular weight is 316 g/mol. The molecule has 0 unspecified atom stereocenters. The lowest BCUT2D eigenvalue weighted by Crippen LogP contribution is -2.29. The molecule has 0 radical (unpaired) electrons. The number of amides is 1. The van der Waals surface area contributed by atoms with Gasteiger partial charge >= 0.3 is 0 Å². The van der Waals surface area contributed by atoms with Crippen molar-refractivity contribution in [1.29, 1.82) is 0 Å². The number of hydrogen-bond acceptors (Lipinski definition) is 5. The molecule has 3 aromatic rings. The summed E-state index contributed by atoms with van der Waals surface area (Å²) >= 11 is 3.25. The number of thiazole rings is 1. The smallest absolute Gasteiger partial charge is 0.258 e. The molecule has 2 aromatic heterocycles. The number of aromatic nitrogens is 1. The quantitative estimate of drug-likeness (QED) is 0.753. The zero-order valence-corrected chi connectivity index (χ0v) is 12.9. The maximum absolute atomic E-state index is 11.6. The first-order valence-corrected chi connectivity index (χ1v) is 7.99. The number of thiophene rings is 1. The predicted molar refractivity (Wildman–Crippen MR) is 87.1 cm³/mol. The van der Waals surface area contributed by atoms with Crippen LogP contribution < -0.4 is 10.1 Å². The molecule has 0 saturated heterocycles. The van der Waals surface area contributed by atoms with Crippen LogP contribution in [0.2, 0.25) is 0 Å². The number of nitrogens with one attached hydrogen (secondary N) is 1. The van der Waals surface area contributed by atoms with Gasteiger partial charge in [-0.2, -0.15) is 0 Å². The molecule has 6 heteroatoms. The molecule has 0 aliphatic rings. The fourth-order valence-electron chi connectivity index (χ4n) is 2.05. The summed E-state index contributed by atoms with van der Waals surface area (Å²) < 4.78 is 7.82. The summed E-state index contributed by atoms with van der Waals surface area (Å²) in [5.41, 5.74) is 1.01. The van der Waals surface area contributed by atoms with Crippen LogP contribution in [0, 0.1) is 19.3 Å². The second kappa shape index (κ2) is 5.72. The van der Waals surface area contributed by atoms with Crippen LogP contribution in [0.1, 0.15) is 5.01 Å². The van der Waals surface area contributed by atoms with Gasteiger partial charge in [0.25, 0.3) is 5.91 Å². The fourth-order valence-corrected chi connectivity index (χ4v) is 3.88. The topological polar surface area (TPSA) is 51.2 Å². The summed E-state index contributed by atoms with van der Waals surface area (Å²) in [4.78, 5) is 16.1. The molecule has 0 saturated carbocycles. The summed E-state index contributed by atoms with van der Waals surface area (Å²) in [6.07, 6.45) is 5.10. The average Bonchev–Trinajstić information content (AvgIpc) is 3.07. The van der Waals surface area contributed by atoms with Crippen LogP contribution in [-0.2, 0) is 4.79 Å². The molecule has 0 bridgehead atoms. The number of terminal acetylenes is 1. The van der Waals surface area contributed by atoms with Gasteiger partial charge in [0.15, 0.2) is 6.61 Å². The SMILES string of the molecule is C#CCNC(=O)COc1cc2sc(C)nc2c2sccc12. The third-order valence-corrected chi connectivity index (χ3v) is 4.75. The Hall–Kier alpha value is -2.10. The Balaban J connectivity index is 1.92. The summed E-state index contributed by atoms with van der Waals surface area (Å²) in [5.74, 6) is 2.84. The minimum absolute atomic E-state index is 0.0457. The van der Waals surface area contributed by atoms with E-state index in [1.807, 2.05) is 24.4 Å². The molecule has 0 atom stereocenters. The monoisotopic (exact) mass is 316 g/mol. The Kier molecular flexibility index (Phi) is 3.78. The molecule has 21 heavy (non-hydrogen) atoms. The summed E-state index contributed by atoms with van der Waals surface area (Å²) in [6, 6.07) is 3.94. The van der Waals surface area contributed by atoms with Crippen LogP contribution in [0.15, 0.2) is 17.5 Å². The van der Waals surface area contributed by atoms with Gasteiger partial charge in [-0.15, -0.1) is 29.1 Å². The van der Waals surface area contributed by atoms with Crippen molar-refractivity contribution in [3.63, 3.8) is 0 Å². The summed E-state index contributed by atoms with van der Waals surface area (Å²) in [5, 5.41) is 6.59. The van der Waals surface area contributed by atoms with Gasteiger partial charge in [0.05, 0.1) is 26.5 Å². The molecule has 0 aliphatic heterocycles. The highest BCUT2D eigenvalue weighted by atomic mass is 32.1. The van der Waals surface area contributed by atoms with E-state index in [4.69, 9.17) is 11.2 Å². The maximum Gasteiger partial charge on any atom is 0.258 e. The van der Waals surface area contributed by atoms with Crippen molar-refractivity contribution in [2.24, 2.45) is 0 Å². The summed E-state index contributed by atoms with van der Waals surface area (Å²) in [7, 11) is 0. The van der Waals surface area contributed by atoms with E-state index in [1.165, 1.54) is 0 Å². The first-order valence-electron chi connectivity index (χ1n) is 6.29. The van der Waals surface area contributed by atoms with E-state index in [9.17, 15) is 4.79 Å². The number of carbonyl (C=O) groups is 1. The number of hydrogen-bond donors (Lipinski definition) is 1. The standard InChI is InChI=1S/C15H12N2O2S2/c1-3-5-16-13(18)8-19-11-7-12-14(17-9(2)21-12)15-10(11)4-6-20-15/h1,4,6-7H,5,8H2,2H3,(H,16,18). The Morgan fingerprint density at radius 3 is 3.24 bits per heavy atom. The zero-order chi connectivity index (χ0) is 14.8. The molecule has 2 heterocycles. The number of rotatable bonds is 4. The number of fused-ring (bicyclic) bond motifs is 3. The van der Waals surface area contributed by atoms with E-state index < -0.39 is 0 Å². The van der Waals surface area contributed by atoms with E-state index in [2.05, 4.69) is 16.2 Å². The number of nitrogens with zero attached hydrogens (tertiary/aromatic N) is 1. The van der Waals surface area contributed by atoms with Crippen molar-refractivity contribution >= 4 is 48.9 Å². The first kappa shape index (κ1) is 13.9. The minimum atomic E-state index is -0.225. The van der Waals surface area contributed by atoms with Gasteiger partial charge in [0.2, 0.25) is 0 Å². The molecule has 0 spiro atoms. The van der Waals surface area contributed by atoms with E-state index >= 15 is 0 Å². The second-order valence-electron chi connectivity index (χ2n) is 4.39. The number of benzene rings is 1. The van der Waals surface area contributed by atoms with Crippen LogP contribution in [0.4, 0.5) is 0 Å². The van der Waals surface area contributed by atoms with Gasteiger partial charge in [0.1, 0.15) is 5.75 Å². The fraction of sp³-hybridized carbons (Fsp3) is 0.200. The molecule has 1 aromatic carbocycles. The molecular weight excluding hydrogens is 304 g/mol. The molecule has 3 rings (SSSR count). The van der Waals surface area contributed by atoms with Crippen LogP contribution in [0.25, 0.3) is 20.3 Å². The van der Waals surface area contributed by atoms with Crippen molar-refractivity contribution in [1.82, 2.24) is 10.3 Å². The Bertz CT molecular complexity index is 858. The Labute approximate surface area is 129 Å². The van der Waals surface area contributed by atoms with Gasteiger partial charge in [-0.3, -0.25) is 4.79 Å². The van der Waals surface area contributed by atoms with E-state index in [0.29, 0.717) is 5.75 Å². The van der Waals surface area contributed by atoms with Gasteiger partial charge in [-0.25, -0.2) is 4.98 Å². The van der Waals surface area contributed by atoms with Crippen molar-refractivity contribution < 1.29 is 9.53 Å². The van der Waals surface area contributed by atoms with Crippen molar-refractivity contribution in [3.8, 4) is 18.1 Å². The second-order valence-corrected chi connectivity index (χ2v) is 6.54. The molecule has 1 amide bonds. The third-order valence-electron chi connectivity index (χ3n) is 2.91. The normalized spacial score (nSPS) is 10.7. The molecule has 1 N–H and O–H groups in total. The maximum atomic E-state index is 11.6. The zero-order valence-electron chi connectivity index (χ0n) is 11.3. The first-order chi connectivity index (χ1) is 10.2. The lowest BCUT2D eigenvalue weighted by atomic mass is 10.2. The van der Waals surface area contributed by atoms with E-state index in [1.54, 1.807) is 22.7 Å². The molecule has 4 nitrogen and oxygen atoms in total. The predicted octanol–water partition coefficient (Wildman–Crippen LogP) is 2.95. The highest BCUT2D eigenvalue weighted by Gasteiger charge is 2.13. The Morgan fingerprint density at radius 2 is 2.43 bits per heavy atom. The van der Waals surface area contributed by atoms with Crippen molar-refractivity contribution in [3.05, 3.63) is 22.5 Å². The van der Waals surface area contributed by atoms with Crippen LogP contribution >= 0.6 is 22.7 Å². The van der Waals surface area contributed by atoms with E-state index in [-0.39, 0.29) is 19.1 Å². The Morgan fingerprint density at radius 1 is 1.57 bits per heavy atom. The van der Waals surface area contributed by atoms with E-state index in [0.717, 1.165) is 25.3 Å².